The Balaban J connectivity index is 1.49. The molecule has 0 bridgehead atoms. The van der Waals surface area contributed by atoms with Crippen LogP contribution in [0.15, 0.2) is 42.7 Å². The van der Waals surface area contributed by atoms with E-state index < -0.39 is 0 Å². The summed E-state index contributed by atoms with van der Waals surface area (Å²) in [6, 6.07) is 9.87. The molecule has 0 atom stereocenters. The van der Waals surface area contributed by atoms with Gasteiger partial charge in [0.1, 0.15) is 0 Å². The predicted molar refractivity (Wildman–Crippen MR) is 98.3 cm³/mol. The van der Waals surface area contributed by atoms with Gasteiger partial charge in [-0.2, -0.15) is 0 Å². The van der Waals surface area contributed by atoms with Gasteiger partial charge >= 0.3 is 0 Å². The first-order chi connectivity index (χ1) is 12.2. The van der Waals surface area contributed by atoms with Gasteiger partial charge in [-0.15, -0.1) is 0 Å². The minimum Gasteiger partial charge on any atom is -0.397 e. The summed E-state index contributed by atoms with van der Waals surface area (Å²) < 4.78 is 5.37. The van der Waals surface area contributed by atoms with E-state index in [1.54, 1.807) is 12.4 Å². The maximum atomic E-state index is 12.0. The predicted octanol–water partition coefficient (Wildman–Crippen LogP) is 1.75. The number of nitrogens with zero attached hydrogens (tertiary/aromatic N) is 2. The SMILES string of the molecule is Nc1cc(CCC(=O)NCc2cccnc2)ccc1N1CCOCC1. The fourth-order valence-electron chi connectivity index (χ4n) is 2.90. The molecule has 1 amide bonds. The van der Waals surface area contributed by atoms with Crippen molar-refractivity contribution in [2.75, 3.05) is 36.9 Å². The van der Waals surface area contributed by atoms with Gasteiger partial charge in [0.25, 0.3) is 0 Å². The summed E-state index contributed by atoms with van der Waals surface area (Å²) >= 11 is 0. The van der Waals surface area contributed by atoms with Crippen molar-refractivity contribution < 1.29 is 9.53 Å². The molecule has 1 aromatic heterocycles. The van der Waals surface area contributed by atoms with E-state index in [9.17, 15) is 4.79 Å². The van der Waals surface area contributed by atoms with Gasteiger partial charge < -0.3 is 20.7 Å². The van der Waals surface area contributed by atoms with E-state index in [4.69, 9.17) is 10.5 Å². The van der Waals surface area contributed by atoms with E-state index in [0.717, 1.165) is 48.8 Å². The molecule has 0 aliphatic carbocycles. The molecule has 1 saturated heterocycles. The number of nitrogens with two attached hydrogens (primary N) is 1. The third-order valence-electron chi connectivity index (χ3n) is 4.30. The standard InChI is InChI=1S/C19H24N4O2/c20-17-12-15(3-5-18(17)23-8-10-25-11-9-23)4-6-19(24)22-14-16-2-1-7-21-13-16/h1-3,5,7,12-13H,4,6,8-11,14,20H2,(H,22,24). The molecule has 6 heteroatoms. The maximum Gasteiger partial charge on any atom is 0.220 e. The van der Waals surface area contributed by atoms with Gasteiger partial charge in [-0.3, -0.25) is 9.78 Å². The van der Waals surface area contributed by atoms with Gasteiger partial charge in [0, 0.05) is 38.4 Å². The zero-order valence-corrected chi connectivity index (χ0v) is 14.3. The first-order valence-corrected chi connectivity index (χ1v) is 8.59. The molecule has 2 heterocycles. The van der Waals surface area contributed by atoms with Crippen LogP contribution in [-0.2, 0) is 22.5 Å². The van der Waals surface area contributed by atoms with Crippen LogP contribution in [0.3, 0.4) is 0 Å². The molecule has 0 radical (unpaired) electrons. The topological polar surface area (TPSA) is 80.5 Å². The molecule has 0 saturated carbocycles. The quantitative estimate of drug-likeness (QED) is 0.783. The Morgan fingerprint density at radius 2 is 2.08 bits per heavy atom. The highest BCUT2D eigenvalue weighted by molar-refractivity contribution is 5.76. The number of pyridine rings is 1. The molecule has 25 heavy (non-hydrogen) atoms. The average Bonchev–Trinajstić information content (AvgIpc) is 2.66. The number of ether oxygens (including phenoxy) is 1. The molecule has 0 spiro atoms. The molecular formula is C19H24N4O2. The number of carbonyl (C=O) groups excluding carboxylic acids is 1. The van der Waals surface area contributed by atoms with Crippen molar-refractivity contribution in [1.29, 1.82) is 0 Å². The highest BCUT2D eigenvalue weighted by atomic mass is 16.5. The lowest BCUT2D eigenvalue weighted by Gasteiger charge is -2.30. The fraction of sp³-hybridized carbons (Fsp3) is 0.368. The molecule has 1 aliphatic rings. The minimum atomic E-state index is 0.0275. The summed E-state index contributed by atoms with van der Waals surface area (Å²) in [5, 5.41) is 2.91. The van der Waals surface area contributed by atoms with Crippen molar-refractivity contribution in [2.24, 2.45) is 0 Å². The van der Waals surface area contributed by atoms with Crippen LogP contribution in [0.5, 0.6) is 0 Å². The Kier molecular flexibility index (Phi) is 5.85. The number of aryl methyl sites for hydroxylation is 1. The molecule has 0 unspecified atom stereocenters. The Morgan fingerprint density at radius 1 is 1.24 bits per heavy atom. The van der Waals surface area contributed by atoms with Crippen LogP contribution in [0, 0.1) is 0 Å². The molecular weight excluding hydrogens is 316 g/mol. The summed E-state index contributed by atoms with van der Waals surface area (Å²) in [4.78, 5) is 18.3. The largest absolute Gasteiger partial charge is 0.397 e. The smallest absolute Gasteiger partial charge is 0.220 e. The van der Waals surface area contributed by atoms with Crippen LogP contribution in [0.25, 0.3) is 0 Å². The van der Waals surface area contributed by atoms with E-state index in [1.165, 1.54) is 0 Å². The van der Waals surface area contributed by atoms with E-state index in [2.05, 4.69) is 21.3 Å². The Labute approximate surface area is 148 Å². The summed E-state index contributed by atoms with van der Waals surface area (Å²) in [5.41, 5.74) is 10.1. The van der Waals surface area contributed by atoms with Gasteiger partial charge in [-0.25, -0.2) is 0 Å². The van der Waals surface area contributed by atoms with Crippen molar-refractivity contribution in [1.82, 2.24) is 10.3 Å². The lowest BCUT2D eigenvalue weighted by Crippen LogP contribution is -2.36. The maximum absolute atomic E-state index is 12.0. The molecule has 3 N–H and O–H groups in total. The highest BCUT2D eigenvalue weighted by Gasteiger charge is 2.14. The Morgan fingerprint density at radius 3 is 2.80 bits per heavy atom. The minimum absolute atomic E-state index is 0.0275. The summed E-state index contributed by atoms with van der Waals surface area (Å²) in [6.45, 7) is 3.70. The van der Waals surface area contributed by atoms with Gasteiger partial charge in [-0.1, -0.05) is 12.1 Å². The van der Waals surface area contributed by atoms with Crippen molar-refractivity contribution in [2.45, 2.75) is 19.4 Å². The van der Waals surface area contributed by atoms with Crippen LogP contribution in [-0.4, -0.2) is 37.2 Å². The van der Waals surface area contributed by atoms with Crippen LogP contribution in [0.2, 0.25) is 0 Å². The van der Waals surface area contributed by atoms with Crippen LogP contribution < -0.4 is 16.0 Å². The molecule has 1 fully saturated rings. The number of anilines is 2. The number of morpholine rings is 1. The normalized spacial score (nSPS) is 14.3. The van der Waals surface area contributed by atoms with Gasteiger partial charge in [0.05, 0.1) is 24.6 Å². The molecule has 1 aliphatic heterocycles. The fourth-order valence-corrected chi connectivity index (χ4v) is 2.90. The Hall–Kier alpha value is -2.60. The number of aromatic nitrogens is 1. The zero-order valence-electron chi connectivity index (χ0n) is 14.3. The number of benzene rings is 1. The van der Waals surface area contributed by atoms with Crippen molar-refractivity contribution in [3.05, 3.63) is 53.9 Å². The number of amides is 1. The summed E-state index contributed by atoms with van der Waals surface area (Å²) in [7, 11) is 0. The molecule has 3 rings (SSSR count). The number of rotatable bonds is 6. The summed E-state index contributed by atoms with van der Waals surface area (Å²) in [5.74, 6) is 0.0275. The second-order valence-corrected chi connectivity index (χ2v) is 6.13. The van der Waals surface area contributed by atoms with Gasteiger partial charge in [-0.05, 0) is 35.7 Å². The van der Waals surface area contributed by atoms with Crippen molar-refractivity contribution >= 4 is 17.3 Å². The molecule has 1 aromatic carbocycles. The molecule has 2 aromatic rings. The monoisotopic (exact) mass is 340 g/mol. The van der Waals surface area contributed by atoms with E-state index >= 15 is 0 Å². The van der Waals surface area contributed by atoms with Crippen LogP contribution in [0.1, 0.15) is 17.5 Å². The lowest BCUT2D eigenvalue weighted by atomic mass is 10.1. The average molecular weight is 340 g/mol. The number of hydrogen-bond acceptors (Lipinski definition) is 5. The molecule has 6 nitrogen and oxygen atoms in total. The number of nitrogens with one attached hydrogen (secondary N) is 1. The van der Waals surface area contributed by atoms with Crippen molar-refractivity contribution in [3.8, 4) is 0 Å². The first kappa shape index (κ1) is 17.2. The van der Waals surface area contributed by atoms with Crippen LogP contribution in [0.4, 0.5) is 11.4 Å². The Bertz CT molecular complexity index is 700. The number of hydrogen-bond donors (Lipinski definition) is 2. The highest BCUT2D eigenvalue weighted by Crippen LogP contribution is 2.25. The summed E-state index contributed by atoms with van der Waals surface area (Å²) in [6.07, 6.45) is 4.59. The lowest BCUT2D eigenvalue weighted by molar-refractivity contribution is -0.121. The van der Waals surface area contributed by atoms with Crippen LogP contribution >= 0.6 is 0 Å². The van der Waals surface area contributed by atoms with E-state index in [1.807, 2.05) is 24.3 Å². The third kappa shape index (κ3) is 4.93. The first-order valence-electron chi connectivity index (χ1n) is 8.59. The van der Waals surface area contributed by atoms with Gasteiger partial charge in [0.15, 0.2) is 0 Å². The van der Waals surface area contributed by atoms with E-state index in [-0.39, 0.29) is 5.91 Å². The molecule has 132 valence electrons. The van der Waals surface area contributed by atoms with Crippen molar-refractivity contribution in [3.63, 3.8) is 0 Å². The number of nitrogen functional groups attached to an aromatic ring is 1. The number of carbonyl (C=O) groups is 1. The second kappa shape index (κ2) is 8.48. The second-order valence-electron chi connectivity index (χ2n) is 6.13. The van der Waals surface area contributed by atoms with E-state index in [0.29, 0.717) is 19.4 Å². The van der Waals surface area contributed by atoms with Gasteiger partial charge in [0.2, 0.25) is 5.91 Å². The zero-order chi connectivity index (χ0) is 17.5. The third-order valence-corrected chi connectivity index (χ3v) is 4.30.